The first-order chi connectivity index (χ1) is 11.6. The van der Waals surface area contributed by atoms with Crippen LogP contribution in [-0.4, -0.2) is 25.2 Å². The van der Waals surface area contributed by atoms with Gasteiger partial charge in [0.25, 0.3) is 0 Å². The zero-order valence-corrected chi connectivity index (χ0v) is 13.6. The zero-order chi connectivity index (χ0) is 18.2. The second kappa shape index (κ2) is 13.5. The first-order valence-corrected chi connectivity index (χ1v) is 7.16. The second-order valence-electron chi connectivity index (χ2n) is 4.21. The maximum Gasteiger partial charge on any atom is 0.331 e. The number of carbonyl (C=O) groups is 2. The summed E-state index contributed by atoms with van der Waals surface area (Å²) in [7, 11) is 0. The van der Waals surface area contributed by atoms with Gasteiger partial charge in [0.2, 0.25) is 0 Å². The largest absolute Gasteiger partial charge is 0.458 e. The second-order valence-corrected chi connectivity index (χ2v) is 4.21. The molecule has 0 saturated carbocycles. The van der Waals surface area contributed by atoms with Crippen LogP contribution in [0.2, 0.25) is 0 Å². The van der Waals surface area contributed by atoms with E-state index in [1.54, 1.807) is 0 Å². The van der Waals surface area contributed by atoms with E-state index < -0.39 is 11.9 Å². The first-order valence-electron chi connectivity index (χ1n) is 7.16. The van der Waals surface area contributed by atoms with Crippen molar-refractivity contribution in [3.05, 3.63) is 86.0 Å². The van der Waals surface area contributed by atoms with Crippen LogP contribution < -0.4 is 0 Å². The lowest BCUT2D eigenvalue weighted by Crippen LogP contribution is -2.04. The highest BCUT2D eigenvalue weighted by atomic mass is 16.5. The normalized spacial score (nSPS) is 9.17. The van der Waals surface area contributed by atoms with Gasteiger partial charge in [0.15, 0.2) is 0 Å². The number of hydrogen-bond donors (Lipinski definition) is 0. The molecule has 0 atom stereocenters. The van der Waals surface area contributed by atoms with Gasteiger partial charge in [-0.1, -0.05) is 74.9 Å². The van der Waals surface area contributed by atoms with E-state index in [0.717, 1.165) is 23.3 Å². The Kier molecular flexibility index (Phi) is 11.7. The molecule has 0 spiro atoms. The summed E-state index contributed by atoms with van der Waals surface area (Å²) in [5, 5.41) is 0. The molecule has 0 aliphatic rings. The minimum Gasteiger partial charge on any atom is -0.458 e. The summed E-state index contributed by atoms with van der Waals surface area (Å²) in [5.41, 5.74) is 2.27. The monoisotopic (exact) mass is 326 g/mol. The molecule has 4 heteroatoms. The van der Waals surface area contributed by atoms with E-state index in [1.165, 1.54) is 12.2 Å². The van der Waals surface area contributed by atoms with Crippen LogP contribution in [0, 0.1) is 0 Å². The van der Waals surface area contributed by atoms with Gasteiger partial charge in [0.05, 0.1) is 0 Å². The summed E-state index contributed by atoms with van der Waals surface area (Å²) in [6.07, 6.45) is 8.52. The van der Waals surface area contributed by atoms with Gasteiger partial charge in [0, 0.05) is 12.2 Å². The Bertz CT molecular complexity index is 559. The molecule has 0 aromatic heterocycles. The average Bonchev–Trinajstić information content (AvgIpc) is 2.63. The fourth-order valence-corrected chi connectivity index (χ4v) is 1.40. The minimum absolute atomic E-state index is 0.116. The molecule has 1 aromatic carbocycles. The highest BCUT2D eigenvalue weighted by Gasteiger charge is 1.98. The van der Waals surface area contributed by atoms with Gasteiger partial charge in [0.1, 0.15) is 13.2 Å². The van der Waals surface area contributed by atoms with Gasteiger partial charge in [-0.2, -0.15) is 0 Å². The molecule has 0 heterocycles. The highest BCUT2D eigenvalue weighted by Crippen LogP contribution is 2.10. The molecule has 1 aromatic rings. The third-order valence-corrected chi connectivity index (χ3v) is 2.48. The molecule has 24 heavy (non-hydrogen) atoms. The smallest absolute Gasteiger partial charge is 0.331 e. The Morgan fingerprint density at radius 3 is 1.46 bits per heavy atom. The van der Waals surface area contributed by atoms with Crippen molar-refractivity contribution in [1.82, 2.24) is 0 Å². The van der Waals surface area contributed by atoms with E-state index in [-0.39, 0.29) is 13.2 Å². The zero-order valence-electron chi connectivity index (χ0n) is 13.6. The Hall–Kier alpha value is -3.14. The molecule has 0 radical (unpaired) electrons. The number of carbonyl (C=O) groups excluding carboxylic acids is 2. The molecule has 0 fully saturated rings. The summed E-state index contributed by atoms with van der Waals surface area (Å²) in [6, 6.07) is 8.02. The van der Waals surface area contributed by atoms with Crippen molar-refractivity contribution in [3.8, 4) is 0 Å². The fraction of sp³-hybridized carbons (Fsp3) is 0.100. The van der Waals surface area contributed by atoms with Crippen LogP contribution in [0.5, 0.6) is 0 Å². The van der Waals surface area contributed by atoms with Crippen molar-refractivity contribution >= 4 is 24.1 Å². The summed E-state index contributed by atoms with van der Waals surface area (Å²) < 4.78 is 9.15. The van der Waals surface area contributed by atoms with E-state index in [0.29, 0.717) is 0 Å². The molecule has 0 saturated heterocycles. The maximum absolute atomic E-state index is 10.8. The number of rotatable bonds is 8. The number of benzene rings is 1. The topological polar surface area (TPSA) is 52.6 Å². The van der Waals surface area contributed by atoms with Crippen molar-refractivity contribution in [3.63, 3.8) is 0 Å². The van der Waals surface area contributed by atoms with Crippen LogP contribution in [-0.2, 0) is 19.1 Å². The molecule has 0 aliphatic heterocycles. The molecule has 0 aliphatic carbocycles. The predicted octanol–water partition coefficient (Wildman–Crippen LogP) is 3.97. The van der Waals surface area contributed by atoms with Crippen molar-refractivity contribution in [1.29, 1.82) is 0 Å². The first kappa shape index (κ1) is 20.9. The molecule has 0 bridgehead atoms. The van der Waals surface area contributed by atoms with E-state index in [2.05, 4.69) is 35.8 Å². The average molecular weight is 326 g/mol. The van der Waals surface area contributed by atoms with Crippen molar-refractivity contribution in [2.75, 3.05) is 13.2 Å². The Labute approximate surface area is 143 Å². The Morgan fingerprint density at radius 2 is 1.17 bits per heavy atom. The van der Waals surface area contributed by atoms with E-state index in [4.69, 9.17) is 0 Å². The van der Waals surface area contributed by atoms with Gasteiger partial charge >= 0.3 is 11.9 Å². The summed E-state index contributed by atoms with van der Waals surface area (Å²) >= 11 is 0. The van der Waals surface area contributed by atoms with Gasteiger partial charge in [-0.3, -0.25) is 0 Å². The Morgan fingerprint density at radius 1 is 0.792 bits per heavy atom. The molecule has 0 unspecified atom stereocenters. The Balaban J connectivity index is 0.000000463. The van der Waals surface area contributed by atoms with Crippen LogP contribution in [0.4, 0.5) is 0 Å². The van der Waals surface area contributed by atoms with Crippen LogP contribution >= 0.6 is 0 Å². The molecule has 126 valence electrons. The van der Waals surface area contributed by atoms with Crippen molar-refractivity contribution in [2.45, 2.75) is 0 Å². The van der Waals surface area contributed by atoms with Crippen LogP contribution in [0.3, 0.4) is 0 Å². The molecule has 0 amide bonds. The summed E-state index contributed by atoms with van der Waals surface area (Å²) in [5.74, 6) is -1.22. The van der Waals surface area contributed by atoms with E-state index in [1.807, 2.05) is 36.4 Å². The standard InChI is InChI=1S/C10H12O4.C10H10/c1-3-7-13-9(11)5-6-10(12)14-8-4-2;1-3-9-7-5-6-8-10(9)4-2/h3-6H,1-2,7-8H2;3-8H,1-2H2. The quantitative estimate of drug-likeness (QED) is 0.412. The molecular weight excluding hydrogens is 304 g/mol. The van der Waals surface area contributed by atoms with Gasteiger partial charge in [-0.05, 0) is 11.1 Å². The number of esters is 2. The van der Waals surface area contributed by atoms with Gasteiger partial charge in [-0.25, -0.2) is 9.59 Å². The number of ether oxygens (including phenoxy) is 2. The lowest BCUT2D eigenvalue weighted by Gasteiger charge is -1.96. The van der Waals surface area contributed by atoms with Crippen LogP contribution in [0.1, 0.15) is 11.1 Å². The third kappa shape index (κ3) is 9.73. The lowest BCUT2D eigenvalue weighted by atomic mass is 10.1. The van der Waals surface area contributed by atoms with Crippen LogP contribution in [0.15, 0.2) is 74.9 Å². The molecule has 0 N–H and O–H groups in total. The predicted molar refractivity (Wildman–Crippen MR) is 98.1 cm³/mol. The SMILES string of the molecule is C=CCOC(=O)C=CC(=O)OCC=C.C=Cc1ccccc1C=C. The molecule has 1 rings (SSSR count). The van der Waals surface area contributed by atoms with Gasteiger partial charge < -0.3 is 9.47 Å². The van der Waals surface area contributed by atoms with Crippen molar-refractivity contribution in [2.24, 2.45) is 0 Å². The maximum atomic E-state index is 10.8. The fourth-order valence-electron chi connectivity index (χ4n) is 1.40. The lowest BCUT2D eigenvalue weighted by molar-refractivity contribution is -0.139. The summed E-state index contributed by atoms with van der Waals surface area (Å²) in [6.45, 7) is 14.3. The van der Waals surface area contributed by atoms with Crippen molar-refractivity contribution < 1.29 is 19.1 Å². The van der Waals surface area contributed by atoms with E-state index >= 15 is 0 Å². The molecule has 4 nitrogen and oxygen atoms in total. The molecular formula is C20H22O4. The van der Waals surface area contributed by atoms with Gasteiger partial charge in [-0.15, -0.1) is 0 Å². The summed E-state index contributed by atoms with van der Waals surface area (Å²) in [4.78, 5) is 21.6. The number of hydrogen-bond acceptors (Lipinski definition) is 4. The van der Waals surface area contributed by atoms with E-state index in [9.17, 15) is 9.59 Å². The minimum atomic E-state index is -0.611. The highest BCUT2D eigenvalue weighted by molar-refractivity contribution is 5.91. The van der Waals surface area contributed by atoms with Crippen LogP contribution in [0.25, 0.3) is 12.2 Å². The third-order valence-electron chi connectivity index (χ3n) is 2.48.